The minimum atomic E-state index is -0.128. The first-order valence-corrected chi connectivity index (χ1v) is 3.82. The van der Waals surface area contributed by atoms with Gasteiger partial charge in [-0.25, -0.2) is 4.39 Å². The van der Waals surface area contributed by atoms with Crippen LogP contribution < -0.4 is 0 Å². The highest BCUT2D eigenvalue weighted by molar-refractivity contribution is 7.80. The SMILES string of the molecule is Fc1ccccc1CCS. The summed E-state index contributed by atoms with van der Waals surface area (Å²) in [6, 6.07) is 6.78. The molecule has 0 spiro atoms. The third-order valence-corrected chi connectivity index (χ3v) is 1.56. The normalized spacial score (nSPS) is 9.80. The highest BCUT2D eigenvalue weighted by atomic mass is 32.1. The molecule has 1 rings (SSSR count). The van der Waals surface area contributed by atoms with Crippen molar-refractivity contribution in [2.75, 3.05) is 5.75 Å². The number of thiol groups is 1. The van der Waals surface area contributed by atoms with Gasteiger partial charge in [-0.15, -0.1) is 0 Å². The van der Waals surface area contributed by atoms with Crippen molar-refractivity contribution in [3.8, 4) is 0 Å². The molecule has 2 heteroatoms. The van der Waals surface area contributed by atoms with E-state index in [1.165, 1.54) is 6.07 Å². The number of hydrogen-bond acceptors (Lipinski definition) is 1. The summed E-state index contributed by atoms with van der Waals surface area (Å²) < 4.78 is 12.7. The second kappa shape index (κ2) is 3.62. The summed E-state index contributed by atoms with van der Waals surface area (Å²) in [6.45, 7) is 0. The average Bonchev–Trinajstić information content (AvgIpc) is 1.94. The minimum absolute atomic E-state index is 0.128. The lowest BCUT2D eigenvalue weighted by molar-refractivity contribution is 0.613. The molecule has 0 amide bonds. The van der Waals surface area contributed by atoms with Gasteiger partial charge in [-0.3, -0.25) is 0 Å². The molecule has 0 aliphatic carbocycles. The zero-order chi connectivity index (χ0) is 7.40. The van der Waals surface area contributed by atoms with E-state index in [-0.39, 0.29) is 5.82 Å². The summed E-state index contributed by atoms with van der Waals surface area (Å²) in [7, 11) is 0. The van der Waals surface area contributed by atoms with Gasteiger partial charge in [-0.05, 0) is 23.8 Å². The van der Waals surface area contributed by atoms with Gasteiger partial charge < -0.3 is 0 Å². The maximum absolute atomic E-state index is 12.7. The Bertz CT molecular complexity index is 210. The molecular weight excluding hydrogens is 147 g/mol. The van der Waals surface area contributed by atoms with Crippen molar-refractivity contribution in [3.05, 3.63) is 35.6 Å². The van der Waals surface area contributed by atoms with Crippen LogP contribution in [0.4, 0.5) is 4.39 Å². The van der Waals surface area contributed by atoms with E-state index in [0.29, 0.717) is 12.2 Å². The molecule has 0 atom stereocenters. The van der Waals surface area contributed by atoms with Crippen LogP contribution >= 0.6 is 12.6 Å². The Morgan fingerprint density at radius 3 is 2.60 bits per heavy atom. The van der Waals surface area contributed by atoms with Gasteiger partial charge in [-0.2, -0.15) is 12.6 Å². The lowest BCUT2D eigenvalue weighted by atomic mass is 10.2. The van der Waals surface area contributed by atoms with E-state index in [4.69, 9.17) is 0 Å². The monoisotopic (exact) mass is 156 g/mol. The van der Waals surface area contributed by atoms with Gasteiger partial charge in [0.25, 0.3) is 0 Å². The van der Waals surface area contributed by atoms with Crippen molar-refractivity contribution in [2.45, 2.75) is 6.42 Å². The fraction of sp³-hybridized carbons (Fsp3) is 0.250. The summed E-state index contributed by atoms with van der Waals surface area (Å²) in [5.41, 5.74) is 0.748. The Kier molecular flexibility index (Phi) is 2.75. The summed E-state index contributed by atoms with van der Waals surface area (Å²) in [6.07, 6.45) is 0.704. The summed E-state index contributed by atoms with van der Waals surface area (Å²) in [5, 5.41) is 0. The molecule has 0 unspecified atom stereocenters. The molecule has 0 radical (unpaired) electrons. The molecule has 54 valence electrons. The van der Waals surface area contributed by atoms with Gasteiger partial charge in [0, 0.05) is 0 Å². The first kappa shape index (κ1) is 7.61. The highest BCUT2D eigenvalue weighted by Gasteiger charge is 1.96. The molecule has 0 heterocycles. The van der Waals surface area contributed by atoms with Gasteiger partial charge in [0.15, 0.2) is 0 Å². The van der Waals surface area contributed by atoms with Crippen LogP contribution in [0.15, 0.2) is 24.3 Å². The van der Waals surface area contributed by atoms with E-state index in [2.05, 4.69) is 12.6 Å². The third-order valence-electron chi connectivity index (χ3n) is 1.34. The molecule has 0 aromatic heterocycles. The first-order chi connectivity index (χ1) is 4.84. The van der Waals surface area contributed by atoms with E-state index in [1.54, 1.807) is 12.1 Å². The van der Waals surface area contributed by atoms with E-state index < -0.39 is 0 Å². The lowest BCUT2D eigenvalue weighted by Crippen LogP contribution is -1.89. The topological polar surface area (TPSA) is 0 Å². The van der Waals surface area contributed by atoms with Gasteiger partial charge in [0.2, 0.25) is 0 Å². The van der Waals surface area contributed by atoms with Crippen LogP contribution in [0, 0.1) is 5.82 Å². The van der Waals surface area contributed by atoms with Crippen LogP contribution in [-0.2, 0) is 6.42 Å². The van der Waals surface area contributed by atoms with Crippen LogP contribution in [0.3, 0.4) is 0 Å². The summed E-state index contributed by atoms with van der Waals surface area (Å²) in [4.78, 5) is 0. The number of aryl methyl sites for hydroxylation is 1. The van der Waals surface area contributed by atoms with E-state index >= 15 is 0 Å². The van der Waals surface area contributed by atoms with Crippen LogP contribution in [0.1, 0.15) is 5.56 Å². The second-order valence-electron chi connectivity index (χ2n) is 2.07. The van der Waals surface area contributed by atoms with E-state index in [0.717, 1.165) is 5.56 Å². The van der Waals surface area contributed by atoms with Crippen molar-refractivity contribution in [1.29, 1.82) is 0 Å². The van der Waals surface area contributed by atoms with Gasteiger partial charge in [-0.1, -0.05) is 18.2 Å². The summed E-state index contributed by atoms with van der Waals surface area (Å²) in [5.74, 6) is 0.567. The summed E-state index contributed by atoms with van der Waals surface area (Å²) >= 11 is 4.01. The standard InChI is InChI=1S/C8H9FS/c9-8-4-2-1-3-7(8)5-6-10/h1-4,10H,5-6H2. The average molecular weight is 156 g/mol. The fourth-order valence-electron chi connectivity index (χ4n) is 0.822. The van der Waals surface area contributed by atoms with E-state index in [1.807, 2.05) is 6.07 Å². The number of halogens is 1. The van der Waals surface area contributed by atoms with E-state index in [9.17, 15) is 4.39 Å². The molecule has 0 N–H and O–H groups in total. The Morgan fingerprint density at radius 2 is 2.00 bits per heavy atom. The number of rotatable bonds is 2. The maximum atomic E-state index is 12.7. The van der Waals surface area contributed by atoms with Crippen molar-refractivity contribution in [1.82, 2.24) is 0 Å². The molecule has 0 fully saturated rings. The lowest BCUT2D eigenvalue weighted by Gasteiger charge is -1.97. The predicted octanol–water partition coefficient (Wildman–Crippen LogP) is 2.30. The Balaban J connectivity index is 2.81. The zero-order valence-corrected chi connectivity index (χ0v) is 6.44. The van der Waals surface area contributed by atoms with Gasteiger partial charge in [0.05, 0.1) is 0 Å². The van der Waals surface area contributed by atoms with Gasteiger partial charge in [0.1, 0.15) is 5.82 Å². The van der Waals surface area contributed by atoms with Crippen LogP contribution in [0.2, 0.25) is 0 Å². The molecule has 0 saturated carbocycles. The molecule has 1 aromatic carbocycles. The predicted molar refractivity (Wildman–Crippen MR) is 44.0 cm³/mol. The molecule has 1 aromatic rings. The molecule has 0 nitrogen and oxygen atoms in total. The van der Waals surface area contributed by atoms with Crippen LogP contribution in [-0.4, -0.2) is 5.75 Å². The fourth-order valence-corrected chi connectivity index (χ4v) is 1.06. The largest absolute Gasteiger partial charge is 0.207 e. The molecule has 0 saturated heterocycles. The second-order valence-corrected chi connectivity index (χ2v) is 2.51. The van der Waals surface area contributed by atoms with Gasteiger partial charge >= 0.3 is 0 Å². The number of hydrogen-bond donors (Lipinski definition) is 1. The highest BCUT2D eigenvalue weighted by Crippen LogP contribution is 2.06. The smallest absolute Gasteiger partial charge is 0.126 e. The van der Waals surface area contributed by atoms with Crippen molar-refractivity contribution < 1.29 is 4.39 Å². The Hall–Kier alpha value is -0.500. The molecule has 0 bridgehead atoms. The quantitative estimate of drug-likeness (QED) is 0.624. The Morgan fingerprint density at radius 1 is 1.30 bits per heavy atom. The van der Waals surface area contributed by atoms with Crippen molar-refractivity contribution in [3.63, 3.8) is 0 Å². The van der Waals surface area contributed by atoms with Crippen LogP contribution in [0.25, 0.3) is 0 Å². The molecule has 0 aliphatic rings. The van der Waals surface area contributed by atoms with Crippen molar-refractivity contribution in [2.24, 2.45) is 0 Å². The molecule has 10 heavy (non-hydrogen) atoms. The maximum Gasteiger partial charge on any atom is 0.126 e. The Labute approximate surface area is 65.5 Å². The van der Waals surface area contributed by atoms with Crippen LogP contribution in [0.5, 0.6) is 0 Å². The minimum Gasteiger partial charge on any atom is -0.207 e. The third kappa shape index (κ3) is 1.74. The number of benzene rings is 1. The molecular formula is C8H9FS. The molecule has 0 aliphatic heterocycles. The first-order valence-electron chi connectivity index (χ1n) is 3.19. The van der Waals surface area contributed by atoms with Crippen molar-refractivity contribution >= 4 is 12.6 Å². The zero-order valence-electron chi connectivity index (χ0n) is 5.55.